The van der Waals surface area contributed by atoms with Gasteiger partial charge in [0.2, 0.25) is 5.91 Å². The zero-order valence-electron chi connectivity index (χ0n) is 11.8. The molecule has 0 spiro atoms. The second kappa shape index (κ2) is 7.55. The van der Waals surface area contributed by atoms with E-state index in [1.165, 1.54) is 32.2 Å². The summed E-state index contributed by atoms with van der Waals surface area (Å²) in [6.07, 6.45) is -2.26. The molecule has 8 nitrogen and oxygen atoms in total. The van der Waals surface area contributed by atoms with Crippen LogP contribution in [0.4, 0.5) is 5.69 Å². The van der Waals surface area contributed by atoms with Crippen LogP contribution in [0.3, 0.4) is 0 Å². The molecule has 0 saturated heterocycles. The fourth-order valence-corrected chi connectivity index (χ4v) is 1.82. The number of nitrogens with zero attached hydrogens (tertiary/aromatic N) is 1. The van der Waals surface area contributed by atoms with Crippen LogP contribution in [0.15, 0.2) is 18.2 Å². The van der Waals surface area contributed by atoms with Crippen molar-refractivity contribution >= 4 is 11.6 Å². The normalized spacial score (nSPS) is 13.3. The first kappa shape index (κ1) is 16.9. The fraction of sp³-hybridized carbons (Fsp3) is 0.462. The molecule has 21 heavy (non-hydrogen) atoms. The summed E-state index contributed by atoms with van der Waals surface area (Å²) < 4.78 is 5.00. The summed E-state index contributed by atoms with van der Waals surface area (Å²) in [4.78, 5) is 20.8. The Morgan fingerprint density at radius 3 is 2.67 bits per heavy atom. The maximum absolute atomic E-state index is 10.7. The first-order chi connectivity index (χ1) is 9.86. The van der Waals surface area contributed by atoms with Crippen molar-refractivity contribution in [1.82, 2.24) is 5.32 Å². The number of hydrogen-bond donors (Lipinski definition) is 3. The number of benzene rings is 1. The Balaban J connectivity index is 2.83. The summed E-state index contributed by atoms with van der Waals surface area (Å²) in [6.45, 7) is 1.56. The number of nitro benzene ring substituents is 1. The standard InChI is InChI=1S/C13H18N2O6/c1-8(16)14-6-5-11(17)13(18)10-4-3-9(15(19)20)7-12(10)21-2/h3-4,7,11,13,17-18H,5-6H2,1-2H3,(H,14,16). The minimum atomic E-state index is -1.27. The molecular weight excluding hydrogens is 280 g/mol. The van der Waals surface area contributed by atoms with Gasteiger partial charge in [0.1, 0.15) is 11.9 Å². The topological polar surface area (TPSA) is 122 Å². The number of methoxy groups -OCH3 is 1. The molecule has 0 aliphatic carbocycles. The van der Waals surface area contributed by atoms with E-state index in [1.807, 2.05) is 0 Å². The number of rotatable bonds is 7. The molecule has 2 unspecified atom stereocenters. The zero-order valence-corrected chi connectivity index (χ0v) is 11.8. The summed E-state index contributed by atoms with van der Waals surface area (Å²) in [5.41, 5.74) is 0.0777. The summed E-state index contributed by atoms with van der Waals surface area (Å²) in [7, 11) is 1.32. The smallest absolute Gasteiger partial charge is 0.273 e. The fourth-order valence-electron chi connectivity index (χ4n) is 1.82. The van der Waals surface area contributed by atoms with Crippen LogP contribution in [0.1, 0.15) is 25.0 Å². The van der Waals surface area contributed by atoms with Gasteiger partial charge in [0.05, 0.1) is 24.2 Å². The summed E-state index contributed by atoms with van der Waals surface area (Å²) in [5, 5.41) is 33.2. The van der Waals surface area contributed by atoms with E-state index >= 15 is 0 Å². The highest BCUT2D eigenvalue weighted by Crippen LogP contribution is 2.31. The SMILES string of the molecule is COc1cc([N+](=O)[O-])ccc1C(O)C(O)CCNC(C)=O. The van der Waals surface area contributed by atoms with Crippen molar-refractivity contribution in [2.75, 3.05) is 13.7 Å². The van der Waals surface area contributed by atoms with Gasteiger partial charge in [-0.3, -0.25) is 14.9 Å². The molecule has 0 aliphatic rings. The molecule has 0 aromatic heterocycles. The van der Waals surface area contributed by atoms with Crippen molar-refractivity contribution in [1.29, 1.82) is 0 Å². The van der Waals surface area contributed by atoms with Crippen LogP contribution in [-0.2, 0) is 4.79 Å². The Labute approximate surface area is 121 Å². The Bertz CT molecular complexity index is 519. The van der Waals surface area contributed by atoms with E-state index in [-0.39, 0.29) is 35.9 Å². The van der Waals surface area contributed by atoms with Crippen molar-refractivity contribution in [3.8, 4) is 5.75 Å². The number of aliphatic hydroxyl groups excluding tert-OH is 2. The quantitative estimate of drug-likeness (QED) is 0.498. The molecule has 8 heteroatoms. The number of carbonyl (C=O) groups excluding carboxylic acids is 1. The molecule has 0 fully saturated rings. The van der Waals surface area contributed by atoms with Crippen molar-refractivity contribution in [2.24, 2.45) is 0 Å². The van der Waals surface area contributed by atoms with E-state index in [0.29, 0.717) is 0 Å². The second-order valence-corrected chi connectivity index (χ2v) is 4.47. The van der Waals surface area contributed by atoms with Crippen LogP contribution >= 0.6 is 0 Å². The lowest BCUT2D eigenvalue weighted by atomic mass is 10.0. The van der Waals surface area contributed by atoms with Gasteiger partial charge in [0.25, 0.3) is 5.69 Å². The van der Waals surface area contributed by atoms with Gasteiger partial charge in [-0.2, -0.15) is 0 Å². The number of nitrogens with one attached hydrogen (secondary N) is 1. The highest BCUT2D eigenvalue weighted by Gasteiger charge is 2.23. The molecule has 1 aromatic rings. The number of carbonyl (C=O) groups is 1. The zero-order chi connectivity index (χ0) is 16.0. The van der Waals surface area contributed by atoms with Crippen LogP contribution in [-0.4, -0.2) is 40.8 Å². The van der Waals surface area contributed by atoms with Gasteiger partial charge < -0.3 is 20.3 Å². The summed E-state index contributed by atoms with van der Waals surface area (Å²) >= 11 is 0. The predicted molar refractivity (Wildman–Crippen MR) is 73.9 cm³/mol. The van der Waals surface area contributed by atoms with E-state index < -0.39 is 17.1 Å². The maximum Gasteiger partial charge on any atom is 0.273 e. The monoisotopic (exact) mass is 298 g/mol. The molecule has 0 heterocycles. The molecule has 1 amide bonds. The lowest BCUT2D eigenvalue weighted by molar-refractivity contribution is -0.385. The van der Waals surface area contributed by atoms with Gasteiger partial charge in [-0.05, 0) is 12.5 Å². The Hall–Kier alpha value is -2.19. The van der Waals surface area contributed by atoms with Gasteiger partial charge in [-0.1, -0.05) is 0 Å². The Kier molecular flexibility index (Phi) is 6.07. The first-order valence-electron chi connectivity index (χ1n) is 6.29. The third-order valence-electron chi connectivity index (χ3n) is 2.93. The Morgan fingerprint density at radius 1 is 1.48 bits per heavy atom. The van der Waals surface area contributed by atoms with Crippen molar-refractivity contribution in [3.05, 3.63) is 33.9 Å². The molecule has 2 atom stereocenters. The lowest BCUT2D eigenvalue weighted by Gasteiger charge is -2.20. The van der Waals surface area contributed by atoms with Gasteiger partial charge in [0, 0.05) is 25.1 Å². The van der Waals surface area contributed by atoms with E-state index in [4.69, 9.17) is 4.74 Å². The van der Waals surface area contributed by atoms with Gasteiger partial charge in [-0.15, -0.1) is 0 Å². The van der Waals surface area contributed by atoms with E-state index in [2.05, 4.69) is 5.32 Å². The average molecular weight is 298 g/mol. The molecule has 116 valence electrons. The molecular formula is C13H18N2O6. The maximum atomic E-state index is 10.7. The number of ether oxygens (including phenoxy) is 1. The molecule has 0 saturated carbocycles. The van der Waals surface area contributed by atoms with Crippen LogP contribution < -0.4 is 10.1 Å². The average Bonchev–Trinajstić information content (AvgIpc) is 2.45. The van der Waals surface area contributed by atoms with Crippen molar-refractivity contribution < 1.29 is 24.7 Å². The van der Waals surface area contributed by atoms with E-state index in [0.717, 1.165) is 0 Å². The predicted octanol–water partition coefficient (Wildman–Crippen LogP) is 0.524. The molecule has 0 bridgehead atoms. The van der Waals surface area contributed by atoms with E-state index in [9.17, 15) is 25.1 Å². The Morgan fingerprint density at radius 2 is 2.14 bits per heavy atom. The highest BCUT2D eigenvalue weighted by atomic mass is 16.6. The summed E-state index contributed by atoms with van der Waals surface area (Å²) in [5.74, 6) is -0.111. The van der Waals surface area contributed by atoms with Crippen LogP contribution in [0.25, 0.3) is 0 Å². The highest BCUT2D eigenvalue weighted by molar-refractivity contribution is 5.72. The van der Waals surface area contributed by atoms with E-state index in [1.54, 1.807) is 0 Å². The number of amides is 1. The summed E-state index contributed by atoms with van der Waals surface area (Å²) in [6, 6.07) is 3.74. The number of hydrogen-bond acceptors (Lipinski definition) is 6. The largest absolute Gasteiger partial charge is 0.496 e. The first-order valence-corrected chi connectivity index (χ1v) is 6.29. The van der Waals surface area contributed by atoms with Crippen molar-refractivity contribution in [3.63, 3.8) is 0 Å². The molecule has 1 aromatic carbocycles. The van der Waals surface area contributed by atoms with Crippen molar-refractivity contribution in [2.45, 2.75) is 25.6 Å². The number of aliphatic hydroxyl groups is 2. The number of nitro groups is 1. The minimum Gasteiger partial charge on any atom is -0.496 e. The third-order valence-corrected chi connectivity index (χ3v) is 2.93. The van der Waals surface area contributed by atoms with Gasteiger partial charge in [-0.25, -0.2) is 0 Å². The minimum absolute atomic E-state index is 0.121. The molecule has 1 rings (SSSR count). The second-order valence-electron chi connectivity index (χ2n) is 4.47. The van der Waals surface area contributed by atoms with Gasteiger partial charge in [0.15, 0.2) is 0 Å². The molecule has 0 aliphatic heterocycles. The van der Waals surface area contributed by atoms with Crippen LogP contribution in [0.2, 0.25) is 0 Å². The van der Waals surface area contributed by atoms with Gasteiger partial charge >= 0.3 is 0 Å². The third kappa shape index (κ3) is 4.69. The lowest BCUT2D eigenvalue weighted by Crippen LogP contribution is -2.27. The van der Waals surface area contributed by atoms with Crippen LogP contribution in [0, 0.1) is 10.1 Å². The van der Waals surface area contributed by atoms with Crippen LogP contribution in [0.5, 0.6) is 5.75 Å². The molecule has 3 N–H and O–H groups in total. The molecule has 0 radical (unpaired) electrons. The number of non-ortho nitro benzene ring substituents is 1.